The second-order valence-electron chi connectivity index (χ2n) is 6.73. The summed E-state index contributed by atoms with van der Waals surface area (Å²) in [6, 6.07) is 11.9. The van der Waals surface area contributed by atoms with Gasteiger partial charge in [0, 0.05) is 24.2 Å². The highest BCUT2D eigenvalue weighted by Gasteiger charge is 2.21. The number of amides is 1. The number of aryl methyl sites for hydroxylation is 2. The van der Waals surface area contributed by atoms with E-state index in [0.29, 0.717) is 29.6 Å². The van der Waals surface area contributed by atoms with E-state index >= 15 is 0 Å². The number of anilines is 1. The van der Waals surface area contributed by atoms with Crippen LogP contribution < -0.4 is 9.62 Å². The lowest BCUT2D eigenvalue weighted by atomic mass is 10.2. The van der Waals surface area contributed by atoms with Crippen molar-refractivity contribution >= 4 is 32.4 Å². The first-order chi connectivity index (χ1) is 13.7. The summed E-state index contributed by atoms with van der Waals surface area (Å²) in [5.74, 6) is -0.713. The topological polar surface area (TPSA) is 97.2 Å². The molecule has 8 nitrogen and oxygen atoms in total. The van der Waals surface area contributed by atoms with Crippen LogP contribution in [-0.4, -0.2) is 41.9 Å². The highest BCUT2D eigenvalue weighted by molar-refractivity contribution is 7.89. The quantitative estimate of drug-likeness (QED) is 0.586. The maximum atomic E-state index is 12.3. The molecule has 3 aromatic rings. The van der Waals surface area contributed by atoms with Gasteiger partial charge < -0.3 is 4.90 Å². The summed E-state index contributed by atoms with van der Waals surface area (Å²) in [5, 5.41) is 5.08. The van der Waals surface area contributed by atoms with E-state index in [2.05, 4.69) is 15.0 Å². The molecular weight excluding hydrogens is 410 g/mol. The lowest BCUT2D eigenvalue weighted by Gasteiger charge is -2.22. The minimum Gasteiger partial charge on any atom is -0.342 e. The van der Waals surface area contributed by atoms with Crippen LogP contribution in [0, 0.1) is 13.8 Å². The van der Waals surface area contributed by atoms with Crippen LogP contribution in [0.5, 0.6) is 0 Å². The molecule has 2 heterocycles. The van der Waals surface area contributed by atoms with Crippen LogP contribution in [0.4, 0.5) is 5.13 Å². The first-order valence-corrected chi connectivity index (χ1v) is 11.7. The Morgan fingerprint density at radius 2 is 1.93 bits per heavy atom. The molecular formula is C19H23N5O3S2. The molecule has 1 amide bonds. The number of thiazole rings is 1. The van der Waals surface area contributed by atoms with Crippen molar-refractivity contribution in [1.82, 2.24) is 19.5 Å². The number of aromatic nitrogens is 3. The van der Waals surface area contributed by atoms with E-state index in [1.807, 2.05) is 58.9 Å². The fourth-order valence-electron chi connectivity index (χ4n) is 2.80. The second kappa shape index (κ2) is 8.75. The maximum absolute atomic E-state index is 12.3. The fourth-order valence-corrected chi connectivity index (χ4v) is 4.17. The number of nitrogens with zero attached hydrogens (tertiary/aromatic N) is 4. The summed E-state index contributed by atoms with van der Waals surface area (Å²) in [4.78, 5) is 19.5. The van der Waals surface area contributed by atoms with Crippen molar-refractivity contribution < 1.29 is 13.2 Å². The molecule has 0 saturated carbocycles. The molecule has 3 rings (SSSR count). The van der Waals surface area contributed by atoms with Crippen molar-refractivity contribution in [3.8, 4) is 0 Å². The van der Waals surface area contributed by atoms with Crippen LogP contribution >= 0.6 is 11.3 Å². The monoisotopic (exact) mass is 433 g/mol. The van der Waals surface area contributed by atoms with E-state index in [0.717, 1.165) is 17.5 Å². The molecule has 0 unspecified atom stereocenters. The Hall–Kier alpha value is -2.72. The van der Waals surface area contributed by atoms with Crippen molar-refractivity contribution in [2.24, 2.45) is 0 Å². The molecule has 154 valence electrons. The molecule has 1 aromatic carbocycles. The van der Waals surface area contributed by atoms with E-state index in [4.69, 9.17) is 0 Å². The minimum atomic E-state index is -3.65. The summed E-state index contributed by atoms with van der Waals surface area (Å²) >= 11 is 1.37. The third-order valence-corrected chi connectivity index (χ3v) is 5.73. The summed E-state index contributed by atoms with van der Waals surface area (Å²) in [6.07, 6.45) is 2.87. The predicted octanol–water partition coefficient (Wildman–Crippen LogP) is 2.35. The van der Waals surface area contributed by atoms with Crippen molar-refractivity contribution in [3.63, 3.8) is 0 Å². The number of carbonyl (C=O) groups is 1. The molecule has 0 aliphatic rings. The van der Waals surface area contributed by atoms with Crippen molar-refractivity contribution in [1.29, 1.82) is 0 Å². The summed E-state index contributed by atoms with van der Waals surface area (Å²) in [6.45, 7) is 5.60. The molecule has 0 bridgehead atoms. The Balaban J connectivity index is 1.84. The standard InChI is InChI=1S/C19H23N5O3S2/c1-14-9-10-24(21-14)12-11-23(13-16-7-5-4-6-8-16)19-20-17(15(2)28-19)18(25)22-29(3,26)27/h4-10H,11-13H2,1-3H3,(H,22,25). The first-order valence-electron chi connectivity index (χ1n) is 9.00. The van der Waals surface area contributed by atoms with E-state index in [1.54, 1.807) is 6.92 Å². The summed E-state index contributed by atoms with van der Waals surface area (Å²) < 4.78 is 26.6. The second-order valence-corrected chi connectivity index (χ2v) is 9.66. The zero-order valence-electron chi connectivity index (χ0n) is 16.5. The highest BCUT2D eigenvalue weighted by Crippen LogP contribution is 2.27. The van der Waals surface area contributed by atoms with E-state index < -0.39 is 15.9 Å². The van der Waals surface area contributed by atoms with Crippen molar-refractivity contribution in [2.75, 3.05) is 17.7 Å². The van der Waals surface area contributed by atoms with E-state index in [-0.39, 0.29) is 5.69 Å². The van der Waals surface area contributed by atoms with Crippen LogP contribution in [0.1, 0.15) is 26.6 Å². The normalized spacial score (nSPS) is 11.4. The van der Waals surface area contributed by atoms with Gasteiger partial charge >= 0.3 is 0 Å². The number of carbonyl (C=O) groups excluding carboxylic acids is 1. The minimum absolute atomic E-state index is 0.128. The van der Waals surface area contributed by atoms with Crippen molar-refractivity contribution in [3.05, 3.63) is 64.4 Å². The molecule has 10 heteroatoms. The van der Waals surface area contributed by atoms with Gasteiger partial charge in [-0.1, -0.05) is 30.3 Å². The molecule has 0 aliphatic heterocycles. The Morgan fingerprint density at radius 1 is 1.21 bits per heavy atom. The van der Waals surface area contributed by atoms with Crippen LogP contribution in [0.15, 0.2) is 42.6 Å². The fraction of sp³-hybridized carbons (Fsp3) is 0.316. The van der Waals surface area contributed by atoms with Crippen LogP contribution in [0.2, 0.25) is 0 Å². The van der Waals surface area contributed by atoms with Crippen LogP contribution in [-0.2, 0) is 23.1 Å². The van der Waals surface area contributed by atoms with Gasteiger partial charge in [-0.15, -0.1) is 11.3 Å². The average molecular weight is 434 g/mol. The zero-order chi connectivity index (χ0) is 21.0. The summed E-state index contributed by atoms with van der Waals surface area (Å²) in [5.41, 5.74) is 2.19. The van der Waals surface area contributed by atoms with Gasteiger partial charge in [-0.2, -0.15) is 5.10 Å². The number of benzene rings is 1. The molecule has 0 aliphatic carbocycles. The van der Waals surface area contributed by atoms with Gasteiger partial charge in [0.05, 0.1) is 18.5 Å². The third kappa shape index (κ3) is 5.88. The van der Waals surface area contributed by atoms with Crippen molar-refractivity contribution in [2.45, 2.75) is 26.9 Å². The number of hydrogen-bond donors (Lipinski definition) is 1. The molecule has 0 radical (unpaired) electrons. The lowest BCUT2D eigenvalue weighted by molar-refractivity contribution is 0.0977. The van der Waals surface area contributed by atoms with Gasteiger partial charge in [0.25, 0.3) is 5.91 Å². The molecule has 0 saturated heterocycles. The molecule has 0 spiro atoms. The van der Waals surface area contributed by atoms with Gasteiger partial charge in [-0.05, 0) is 25.5 Å². The van der Waals surface area contributed by atoms with Gasteiger partial charge in [0.2, 0.25) is 10.0 Å². The average Bonchev–Trinajstić information content (AvgIpc) is 3.23. The van der Waals surface area contributed by atoms with Gasteiger partial charge in [0.15, 0.2) is 5.13 Å². The number of sulfonamides is 1. The Kier molecular flexibility index (Phi) is 6.33. The Labute approximate surface area is 174 Å². The van der Waals surface area contributed by atoms with Crippen LogP contribution in [0.3, 0.4) is 0 Å². The van der Waals surface area contributed by atoms with Gasteiger partial charge in [-0.25, -0.2) is 18.1 Å². The third-order valence-electron chi connectivity index (χ3n) is 4.14. The smallest absolute Gasteiger partial charge is 0.284 e. The molecule has 2 aromatic heterocycles. The Bertz CT molecular complexity index is 1090. The number of nitrogens with one attached hydrogen (secondary N) is 1. The van der Waals surface area contributed by atoms with E-state index in [1.165, 1.54) is 11.3 Å². The largest absolute Gasteiger partial charge is 0.342 e. The Morgan fingerprint density at radius 3 is 2.55 bits per heavy atom. The summed E-state index contributed by atoms with van der Waals surface area (Å²) in [7, 11) is -3.65. The number of hydrogen-bond acceptors (Lipinski definition) is 7. The van der Waals surface area contributed by atoms with E-state index in [9.17, 15) is 13.2 Å². The SMILES string of the molecule is Cc1ccn(CCN(Cc2ccccc2)c2nc(C(=O)NS(C)(=O)=O)c(C)s2)n1. The molecule has 0 atom stereocenters. The molecule has 0 fully saturated rings. The maximum Gasteiger partial charge on any atom is 0.284 e. The highest BCUT2D eigenvalue weighted by atomic mass is 32.2. The van der Waals surface area contributed by atoms with Crippen LogP contribution in [0.25, 0.3) is 0 Å². The van der Waals surface area contributed by atoms with Gasteiger partial charge in [-0.3, -0.25) is 9.48 Å². The first kappa shape index (κ1) is 21.0. The lowest BCUT2D eigenvalue weighted by Crippen LogP contribution is -2.30. The molecule has 29 heavy (non-hydrogen) atoms. The number of rotatable bonds is 8. The predicted molar refractivity (Wildman–Crippen MR) is 114 cm³/mol. The zero-order valence-corrected chi connectivity index (χ0v) is 18.1. The van der Waals surface area contributed by atoms with Gasteiger partial charge in [0.1, 0.15) is 5.69 Å². The molecule has 1 N–H and O–H groups in total.